The Kier molecular flexibility index (Phi) is 40.0. The van der Waals surface area contributed by atoms with Crippen LogP contribution in [0.15, 0.2) is 36.5 Å². The van der Waals surface area contributed by atoms with E-state index in [1.807, 2.05) is 0 Å². The van der Waals surface area contributed by atoms with Crippen molar-refractivity contribution >= 4 is 11.9 Å². The molecule has 6 unspecified atom stereocenters. The van der Waals surface area contributed by atoms with Crippen LogP contribution >= 0.6 is 0 Å². The first kappa shape index (κ1) is 57.9. The van der Waals surface area contributed by atoms with Crippen LogP contribution in [0.25, 0.3) is 0 Å². The normalized spacial score (nSPS) is 19.9. The zero-order valence-electron chi connectivity index (χ0n) is 39.6. The van der Waals surface area contributed by atoms with Gasteiger partial charge in [-0.1, -0.05) is 179 Å². The lowest BCUT2D eigenvalue weighted by Crippen LogP contribution is -2.59. The highest BCUT2D eigenvalue weighted by Gasteiger charge is 2.44. The molecule has 0 aromatic rings. The largest absolute Gasteiger partial charge is 0.462 e. The van der Waals surface area contributed by atoms with E-state index in [0.717, 1.165) is 57.8 Å². The van der Waals surface area contributed by atoms with Gasteiger partial charge in [0.2, 0.25) is 0 Å². The molecule has 362 valence electrons. The number of carbonyl (C=O) groups is 2. The van der Waals surface area contributed by atoms with E-state index in [-0.39, 0.29) is 32.0 Å². The van der Waals surface area contributed by atoms with Crippen LogP contribution in [0.5, 0.6) is 0 Å². The van der Waals surface area contributed by atoms with Gasteiger partial charge in [0.25, 0.3) is 0 Å². The van der Waals surface area contributed by atoms with Crippen molar-refractivity contribution in [1.82, 2.24) is 0 Å². The number of aliphatic hydroxyl groups is 4. The van der Waals surface area contributed by atoms with Gasteiger partial charge in [-0.2, -0.15) is 0 Å². The molecule has 1 fully saturated rings. The maximum absolute atomic E-state index is 12.8. The molecule has 10 heteroatoms. The Morgan fingerprint density at radius 2 is 0.903 bits per heavy atom. The van der Waals surface area contributed by atoms with Gasteiger partial charge in [-0.3, -0.25) is 9.59 Å². The summed E-state index contributed by atoms with van der Waals surface area (Å²) >= 11 is 0. The molecule has 1 aliphatic heterocycles. The average molecular weight is 879 g/mol. The first-order valence-corrected chi connectivity index (χ1v) is 25.6. The molecular formula is C52H94O10. The Morgan fingerprint density at radius 1 is 0.500 bits per heavy atom. The Morgan fingerprint density at radius 3 is 1.35 bits per heavy atom. The fraction of sp³-hybridized carbons (Fsp3) is 0.846. The first-order valence-electron chi connectivity index (χ1n) is 25.6. The molecule has 0 aliphatic carbocycles. The molecule has 0 saturated carbocycles. The third-order valence-electron chi connectivity index (χ3n) is 11.7. The van der Waals surface area contributed by atoms with E-state index in [0.29, 0.717) is 12.8 Å². The lowest BCUT2D eigenvalue weighted by Gasteiger charge is -2.39. The van der Waals surface area contributed by atoms with Crippen molar-refractivity contribution in [2.24, 2.45) is 0 Å². The number of esters is 2. The van der Waals surface area contributed by atoms with Gasteiger partial charge < -0.3 is 39.4 Å². The first-order chi connectivity index (χ1) is 30.3. The molecule has 6 atom stereocenters. The molecule has 1 heterocycles. The van der Waals surface area contributed by atoms with Gasteiger partial charge in [-0.15, -0.1) is 0 Å². The van der Waals surface area contributed by atoms with Gasteiger partial charge in [0.1, 0.15) is 31.0 Å². The predicted octanol–water partition coefficient (Wildman–Crippen LogP) is 11.8. The Balaban J connectivity index is 2.25. The van der Waals surface area contributed by atoms with E-state index in [2.05, 4.69) is 50.3 Å². The molecule has 0 aromatic heterocycles. The summed E-state index contributed by atoms with van der Waals surface area (Å²) in [5, 5.41) is 40.2. The number of hydrogen-bond donors (Lipinski definition) is 4. The lowest BCUT2D eigenvalue weighted by atomic mass is 9.99. The number of hydrogen-bond acceptors (Lipinski definition) is 10. The molecule has 62 heavy (non-hydrogen) atoms. The number of ether oxygens (including phenoxy) is 4. The topological polar surface area (TPSA) is 152 Å². The van der Waals surface area contributed by atoms with Crippen molar-refractivity contribution in [1.29, 1.82) is 0 Å². The van der Waals surface area contributed by atoms with Gasteiger partial charge in [-0.25, -0.2) is 0 Å². The van der Waals surface area contributed by atoms with Crippen LogP contribution in [0.2, 0.25) is 0 Å². The summed E-state index contributed by atoms with van der Waals surface area (Å²) in [6.45, 7) is 3.41. The SMILES string of the molecule is CCCCCCC/C=C\C/C=C\CCCCCCCCCCCCCC(=O)OC(COC(=O)CCCCCCC/C=C\CCCCCCC)COC1OC(CO)C(O)C(O)C1O. The summed E-state index contributed by atoms with van der Waals surface area (Å²) in [4.78, 5) is 25.4. The minimum absolute atomic E-state index is 0.221. The maximum atomic E-state index is 12.8. The average Bonchev–Trinajstić information content (AvgIpc) is 3.27. The standard InChI is InChI=1S/C52H94O10/c1-3-5-7-9-11-13-15-17-19-20-21-22-23-24-25-26-27-29-31-33-35-37-39-41-48(55)61-45(44-60-52-51(58)50(57)49(56)46(42-53)62-52)43-59-47(54)40-38-36-34-32-30-28-18-16-14-12-10-8-6-4-2/h15-18,20-21,45-46,49-53,56-58H,3-14,19,22-44H2,1-2H3/b17-15-,18-16-,21-20-. The molecule has 1 saturated heterocycles. The highest BCUT2D eigenvalue weighted by molar-refractivity contribution is 5.70. The van der Waals surface area contributed by atoms with Crippen molar-refractivity contribution in [2.75, 3.05) is 19.8 Å². The number of unbranched alkanes of at least 4 members (excludes halogenated alkanes) is 26. The van der Waals surface area contributed by atoms with Crippen molar-refractivity contribution in [2.45, 2.75) is 263 Å². The van der Waals surface area contributed by atoms with Gasteiger partial charge in [-0.05, 0) is 70.6 Å². The van der Waals surface area contributed by atoms with Gasteiger partial charge >= 0.3 is 11.9 Å². The third-order valence-corrected chi connectivity index (χ3v) is 11.7. The monoisotopic (exact) mass is 879 g/mol. The van der Waals surface area contributed by atoms with Crippen LogP contribution in [0.4, 0.5) is 0 Å². The summed E-state index contributed by atoms with van der Waals surface area (Å²) in [7, 11) is 0. The van der Waals surface area contributed by atoms with Crippen molar-refractivity contribution in [3.8, 4) is 0 Å². The van der Waals surface area contributed by atoms with E-state index in [1.165, 1.54) is 128 Å². The lowest BCUT2D eigenvalue weighted by molar-refractivity contribution is -0.305. The van der Waals surface area contributed by atoms with E-state index >= 15 is 0 Å². The van der Waals surface area contributed by atoms with Crippen molar-refractivity contribution < 1.29 is 49.0 Å². The highest BCUT2D eigenvalue weighted by Crippen LogP contribution is 2.23. The molecule has 0 amide bonds. The van der Waals surface area contributed by atoms with E-state index in [9.17, 15) is 30.0 Å². The molecule has 1 aliphatic rings. The quantitative estimate of drug-likeness (QED) is 0.0265. The second kappa shape index (κ2) is 42.8. The summed E-state index contributed by atoms with van der Waals surface area (Å²) in [5.41, 5.74) is 0. The van der Waals surface area contributed by atoms with Crippen molar-refractivity contribution in [3.05, 3.63) is 36.5 Å². The number of carbonyl (C=O) groups excluding carboxylic acids is 2. The predicted molar refractivity (Wildman–Crippen MR) is 252 cm³/mol. The van der Waals surface area contributed by atoms with Gasteiger partial charge in [0.05, 0.1) is 13.2 Å². The number of allylic oxidation sites excluding steroid dienone is 6. The third kappa shape index (κ3) is 33.4. The van der Waals surface area contributed by atoms with E-state index in [1.54, 1.807) is 0 Å². The summed E-state index contributed by atoms with van der Waals surface area (Å²) in [5.74, 6) is -0.813. The smallest absolute Gasteiger partial charge is 0.306 e. The number of aliphatic hydroxyl groups excluding tert-OH is 4. The van der Waals surface area contributed by atoms with Gasteiger partial charge in [0.15, 0.2) is 12.4 Å². The fourth-order valence-corrected chi connectivity index (χ4v) is 7.68. The molecule has 0 bridgehead atoms. The Hall–Kier alpha value is -2.08. The zero-order valence-corrected chi connectivity index (χ0v) is 39.6. The minimum Gasteiger partial charge on any atom is -0.462 e. The van der Waals surface area contributed by atoms with Crippen LogP contribution in [0.1, 0.15) is 226 Å². The second-order valence-electron chi connectivity index (χ2n) is 17.6. The fourth-order valence-electron chi connectivity index (χ4n) is 7.68. The maximum Gasteiger partial charge on any atom is 0.306 e. The van der Waals surface area contributed by atoms with E-state index in [4.69, 9.17) is 18.9 Å². The summed E-state index contributed by atoms with van der Waals surface area (Å²) in [6, 6.07) is 0. The molecule has 10 nitrogen and oxygen atoms in total. The van der Waals surface area contributed by atoms with Gasteiger partial charge in [0, 0.05) is 12.8 Å². The summed E-state index contributed by atoms with van der Waals surface area (Å²) in [6.07, 6.45) is 42.9. The molecule has 4 N–H and O–H groups in total. The second-order valence-corrected chi connectivity index (χ2v) is 17.6. The Bertz CT molecular complexity index is 1110. The Labute approximate surface area is 378 Å². The summed E-state index contributed by atoms with van der Waals surface area (Å²) < 4.78 is 22.2. The van der Waals surface area contributed by atoms with E-state index < -0.39 is 49.4 Å². The van der Waals surface area contributed by atoms with Crippen LogP contribution < -0.4 is 0 Å². The van der Waals surface area contributed by atoms with Crippen molar-refractivity contribution in [3.63, 3.8) is 0 Å². The molecule has 0 radical (unpaired) electrons. The minimum atomic E-state index is -1.60. The van der Waals surface area contributed by atoms with Crippen LogP contribution in [0.3, 0.4) is 0 Å². The number of rotatable bonds is 43. The molecule has 0 aromatic carbocycles. The highest BCUT2D eigenvalue weighted by atomic mass is 16.7. The zero-order chi connectivity index (χ0) is 45.1. The molecular weight excluding hydrogens is 785 g/mol. The van der Waals surface area contributed by atoms with Crippen LogP contribution in [-0.2, 0) is 28.5 Å². The van der Waals surface area contributed by atoms with Crippen LogP contribution in [0, 0.1) is 0 Å². The van der Waals surface area contributed by atoms with Crippen LogP contribution in [-0.4, -0.2) is 89.0 Å². The molecule has 0 spiro atoms. The molecule has 1 rings (SSSR count).